The molecule has 3 atom stereocenters. The van der Waals surface area contributed by atoms with Crippen LogP contribution in [-0.2, 0) is 9.53 Å². The van der Waals surface area contributed by atoms with Gasteiger partial charge in [0.1, 0.15) is 0 Å². The van der Waals surface area contributed by atoms with Gasteiger partial charge in [0.15, 0.2) is 0 Å². The molecule has 0 spiro atoms. The summed E-state index contributed by atoms with van der Waals surface area (Å²) in [7, 11) is 1.65. The smallest absolute Gasteiger partial charge is 0.225 e. The highest BCUT2D eigenvalue weighted by molar-refractivity contribution is 5.79. The van der Waals surface area contributed by atoms with Crippen molar-refractivity contribution in [3.05, 3.63) is 0 Å². The van der Waals surface area contributed by atoms with E-state index in [0.717, 1.165) is 19.3 Å². The molecule has 1 fully saturated rings. The first-order chi connectivity index (χ1) is 7.87. The molecule has 0 aliphatic heterocycles. The van der Waals surface area contributed by atoms with Crippen LogP contribution in [0.2, 0.25) is 0 Å². The number of rotatable bonds is 4. The Kier molecular flexibility index (Phi) is 4.95. The minimum Gasteiger partial charge on any atom is -0.377 e. The molecule has 1 rings (SSSR count). The van der Waals surface area contributed by atoms with E-state index >= 15 is 0 Å². The Morgan fingerprint density at radius 2 is 2.12 bits per heavy atom. The van der Waals surface area contributed by atoms with Crippen molar-refractivity contribution in [1.29, 1.82) is 0 Å². The van der Waals surface area contributed by atoms with E-state index in [0.29, 0.717) is 12.5 Å². The number of methoxy groups -OCH3 is 1. The van der Waals surface area contributed by atoms with Gasteiger partial charge in [0.05, 0.1) is 11.5 Å². The van der Waals surface area contributed by atoms with Crippen molar-refractivity contribution in [3.63, 3.8) is 0 Å². The molecule has 1 saturated carbocycles. The van der Waals surface area contributed by atoms with E-state index in [2.05, 4.69) is 12.2 Å². The number of hydrogen-bond acceptors (Lipinski definition) is 3. The number of nitrogens with two attached hydrogens (primary N) is 1. The highest BCUT2D eigenvalue weighted by Gasteiger charge is 2.34. The molecule has 0 bridgehead atoms. The first kappa shape index (κ1) is 14.5. The molecular weight excluding hydrogens is 216 g/mol. The quantitative estimate of drug-likeness (QED) is 0.781. The summed E-state index contributed by atoms with van der Waals surface area (Å²) in [5, 5.41) is 2.96. The summed E-state index contributed by atoms with van der Waals surface area (Å²) >= 11 is 0. The van der Waals surface area contributed by atoms with Crippen LogP contribution < -0.4 is 11.1 Å². The summed E-state index contributed by atoms with van der Waals surface area (Å²) < 4.78 is 5.28. The second-order valence-corrected chi connectivity index (χ2v) is 5.78. The van der Waals surface area contributed by atoms with Crippen molar-refractivity contribution < 1.29 is 9.53 Å². The molecule has 1 aliphatic rings. The Labute approximate surface area is 104 Å². The lowest BCUT2D eigenvalue weighted by molar-refractivity contribution is -0.129. The number of nitrogens with one attached hydrogen (secondary N) is 1. The normalized spacial score (nSPS) is 30.1. The molecule has 3 unspecified atom stereocenters. The summed E-state index contributed by atoms with van der Waals surface area (Å²) in [6, 6.07) is 0.00408. The lowest BCUT2D eigenvalue weighted by Gasteiger charge is -2.34. The zero-order valence-corrected chi connectivity index (χ0v) is 11.5. The van der Waals surface area contributed by atoms with E-state index in [1.165, 1.54) is 0 Å². The van der Waals surface area contributed by atoms with Crippen LogP contribution in [0.15, 0.2) is 0 Å². The minimum absolute atomic E-state index is 0.00408. The molecule has 0 heterocycles. The van der Waals surface area contributed by atoms with Crippen molar-refractivity contribution in [1.82, 2.24) is 5.32 Å². The van der Waals surface area contributed by atoms with Crippen molar-refractivity contribution in [2.24, 2.45) is 17.6 Å². The first-order valence-electron chi connectivity index (χ1n) is 6.46. The molecule has 3 N–H and O–H groups in total. The third-order valence-electron chi connectivity index (χ3n) is 3.81. The zero-order chi connectivity index (χ0) is 13.1. The van der Waals surface area contributed by atoms with Gasteiger partial charge in [-0.2, -0.15) is 0 Å². The number of ether oxygens (including phenoxy) is 1. The molecule has 0 aromatic carbocycles. The molecule has 1 amide bonds. The van der Waals surface area contributed by atoms with Gasteiger partial charge in [0, 0.05) is 19.7 Å². The number of carbonyl (C=O) groups is 1. The van der Waals surface area contributed by atoms with E-state index in [1.54, 1.807) is 7.11 Å². The number of amides is 1. The maximum absolute atomic E-state index is 12.1. The van der Waals surface area contributed by atoms with Gasteiger partial charge in [-0.15, -0.1) is 0 Å². The molecule has 100 valence electrons. The Bertz CT molecular complexity index is 256. The van der Waals surface area contributed by atoms with Gasteiger partial charge in [-0.25, -0.2) is 0 Å². The second kappa shape index (κ2) is 5.83. The fraction of sp³-hybridized carbons (Fsp3) is 0.923. The van der Waals surface area contributed by atoms with Gasteiger partial charge in [-0.05, 0) is 32.6 Å². The predicted octanol–water partition coefficient (Wildman–Crippen LogP) is 1.29. The lowest BCUT2D eigenvalue weighted by atomic mass is 9.76. The van der Waals surface area contributed by atoms with Gasteiger partial charge < -0.3 is 15.8 Å². The van der Waals surface area contributed by atoms with Crippen LogP contribution in [0, 0.1) is 11.8 Å². The van der Waals surface area contributed by atoms with E-state index in [9.17, 15) is 4.79 Å². The molecule has 1 aliphatic carbocycles. The Balaban J connectivity index is 2.51. The monoisotopic (exact) mass is 242 g/mol. The van der Waals surface area contributed by atoms with Crippen LogP contribution in [0.4, 0.5) is 0 Å². The summed E-state index contributed by atoms with van der Waals surface area (Å²) in [6.07, 6.45) is 3.19. The topological polar surface area (TPSA) is 64.3 Å². The average molecular weight is 242 g/mol. The summed E-state index contributed by atoms with van der Waals surface area (Å²) in [5.74, 6) is 0.413. The van der Waals surface area contributed by atoms with Gasteiger partial charge in [0.25, 0.3) is 0 Å². The molecule has 4 heteroatoms. The molecule has 0 saturated heterocycles. The number of hydrogen-bond donors (Lipinski definition) is 2. The second-order valence-electron chi connectivity index (χ2n) is 5.78. The van der Waals surface area contributed by atoms with Crippen LogP contribution >= 0.6 is 0 Å². The van der Waals surface area contributed by atoms with Crippen molar-refractivity contribution >= 4 is 5.91 Å². The largest absolute Gasteiger partial charge is 0.377 e. The average Bonchev–Trinajstić information content (AvgIpc) is 2.26. The van der Waals surface area contributed by atoms with E-state index < -0.39 is 0 Å². The lowest BCUT2D eigenvalue weighted by Crippen LogP contribution is -2.50. The van der Waals surface area contributed by atoms with Crippen LogP contribution in [0.1, 0.15) is 40.0 Å². The van der Waals surface area contributed by atoms with Gasteiger partial charge >= 0.3 is 0 Å². The summed E-state index contributed by atoms with van der Waals surface area (Å²) in [5.41, 5.74) is 5.73. The molecule has 4 nitrogen and oxygen atoms in total. The molecule has 0 aromatic rings. The van der Waals surface area contributed by atoms with Crippen LogP contribution in [0.3, 0.4) is 0 Å². The Morgan fingerprint density at radius 3 is 2.65 bits per heavy atom. The molecule has 17 heavy (non-hydrogen) atoms. The fourth-order valence-electron chi connectivity index (χ4n) is 2.40. The summed E-state index contributed by atoms with van der Waals surface area (Å²) in [4.78, 5) is 12.1. The molecular formula is C13H26N2O2. The third kappa shape index (κ3) is 3.96. The molecule has 0 aromatic heterocycles. The van der Waals surface area contributed by atoms with Gasteiger partial charge in [-0.1, -0.05) is 13.3 Å². The molecule has 0 radical (unpaired) electrons. The predicted molar refractivity (Wildman–Crippen MR) is 68.6 cm³/mol. The summed E-state index contributed by atoms with van der Waals surface area (Å²) in [6.45, 7) is 6.55. The SMILES string of the molecule is COC(C)(C)CNC(=O)C1C(C)CCCC1N. The van der Waals surface area contributed by atoms with Crippen LogP contribution in [0.25, 0.3) is 0 Å². The van der Waals surface area contributed by atoms with E-state index in [-0.39, 0.29) is 23.5 Å². The number of carbonyl (C=O) groups excluding carboxylic acids is 1. The Hall–Kier alpha value is -0.610. The van der Waals surface area contributed by atoms with E-state index in [1.807, 2.05) is 13.8 Å². The van der Waals surface area contributed by atoms with Crippen LogP contribution in [-0.4, -0.2) is 31.2 Å². The van der Waals surface area contributed by atoms with Crippen LogP contribution in [0.5, 0.6) is 0 Å². The highest BCUT2D eigenvalue weighted by atomic mass is 16.5. The van der Waals surface area contributed by atoms with Crippen molar-refractivity contribution in [3.8, 4) is 0 Å². The van der Waals surface area contributed by atoms with Gasteiger partial charge in [0.2, 0.25) is 5.91 Å². The highest BCUT2D eigenvalue weighted by Crippen LogP contribution is 2.29. The van der Waals surface area contributed by atoms with E-state index in [4.69, 9.17) is 10.5 Å². The minimum atomic E-state index is -0.322. The standard InChI is InChI=1S/C13H26N2O2/c1-9-6-5-7-10(14)11(9)12(16)15-8-13(2,3)17-4/h9-11H,5-8,14H2,1-4H3,(H,15,16). The maximum atomic E-state index is 12.1. The maximum Gasteiger partial charge on any atom is 0.225 e. The third-order valence-corrected chi connectivity index (χ3v) is 3.81. The zero-order valence-electron chi connectivity index (χ0n) is 11.5. The Morgan fingerprint density at radius 1 is 1.47 bits per heavy atom. The fourth-order valence-corrected chi connectivity index (χ4v) is 2.40. The van der Waals surface area contributed by atoms with Crippen molar-refractivity contribution in [2.45, 2.75) is 51.7 Å². The first-order valence-corrected chi connectivity index (χ1v) is 6.46. The van der Waals surface area contributed by atoms with Gasteiger partial charge in [-0.3, -0.25) is 4.79 Å². The van der Waals surface area contributed by atoms with Crippen molar-refractivity contribution in [2.75, 3.05) is 13.7 Å².